The van der Waals surface area contributed by atoms with Gasteiger partial charge < -0.3 is 4.74 Å². The van der Waals surface area contributed by atoms with Crippen LogP contribution in [0.1, 0.15) is 92.0 Å². The molecule has 0 heterocycles. The van der Waals surface area contributed by atoms with E-state index in [-0.39, 0.29) is 17.5 Å². The van der Waals surface area contributed by atoms with E-state index in [2.05, 4.69) is 46.1 Å². The van der Waals surface area contributed by atoms with Crippen molar-refractivity contribution in [3.8, 4) is 0 Å². The lowest BCUT2D eigenvalue weighted by atomic mass is 9.69. The molecular weight excluding hydrogens is 356 g/mol. The molecule has 0 spiro atoms. The largest absolute Gasteiger partial charge is 0.457 e. The summed E-state index contributed by atoms with van der Waals surface area (Å²) in [5.41, 5.74) is 5.08. The number of hydrogen-bond donors (Lipinski definition) is 0. The summed E-state index contributed by atoms with van der Waals surface area (Å²) in [6.07, 6.45) is 4.35. The summed E-state index contributed by atoms with van der Waals surface area (Å²) in [6, 6.07) is 6.27. The lowest BCUT2D eigenvalue weighted by molar-refractivity contribution is -0.165. The monoisotopic (exact) mass is 398 g/mol. The Labute approximate surface area is 179 Å². The third kappa shape index (κ3) is 5.95. The molecule has 1 aromatic carbocycles. The molecule has 29 heavy (non-hydrogen) atoms. The number of benzene rings is 1. The highest BCUT2D eigenvalue weighted by Crippen LogP contribution is 2.40. The van der Waals surface area contributed by atoms with Crippen molar-refractivity contribution in [2.75, 3.05) is 0 Å². The molecule has 0 bridgehead atoms. The van der Waals surface area contributed by atoms with Crippen LogP contribution in [-0.2, 0) is 16.0 Å². The van der Waals surface area contributed by atoms with Crippen molar-refractivity contribution in [2.24, 2.45) is 10.8 Å². The van der Waals surface area contributed by atoms with Gasteiger partial charge in [0.1, 0.15) is 6.10 Å². The van der Waals surface area contributed by atoms with E-state index < -0.39 is 5.41 Å². The highest BCUT2D eigenvalue weighted by molar-refractivity contribution is 5.84. The molecule has 1 aliphatic rings. The quantitative estimate of drug-likeness (QED) is 0.468. The fraction of sp³-hybridized carbons (Fsp3) is 0.519. The number of ether oxygens (including phenoxy) is 1. The molecule has 1 atom stereocenters. The predicted molar refractivity (Wildman–Crippen MR) is 128 cm³/mol. The lowest BCUT2D eigenvalue weighted by Crippen LogP contribution is -2.39. The number of allylic oxidation sites excluding steroid dienone is 4. The second kappa shape index (κ2) is 11.2. The number of carbonyl (C=O) groups excluding carboxylic acids is 1. The van der Waals surface area contributed by atoms with Gasteiger partial charge in [-0.3, -0.25) is 4.79 Å². The maximum Gasteiger partial charge on any atom is 0.312 e. The molecule has 1 unspecified atom stereocenters. The van der Waals surface area contributed by atoms with E-state index >= 15 is 0 Å². The zero-order valence-electron chi connectivity index (χ0n) is 20.4. The summed E-state index contributed by atoms with van der Waals surface area (Å²) in [4.78, 5) is 12.7. The van der Waals surface area contributed by atoms with E-state index in [4.69, 9.17) is 4.74 Å². The van der Waals surface area contributed by atoms with Crippen LogP contribution >= 0.6 is 0 Å². The predicted octanol–water partition coefficient (Wildman–Crippen LogP) is 8.10. The Kier molecular flexibility index (Phi) is 10.4. The van der Waals surface area contributed by atoms with Crippen LogP contribution in [0.15, 0.2) is 49.1 Å². The van der Waals surface area contributed by atoms with Crippen molar-refractivity contribution in [2.45, 2.75) is 81.8 Å². The first kappa shape index (κ1) is 26.9. The van der Waals surface area contributed by atoms with Crippen molar-refractivity contribution in [3.05, 3.63) is 65.8 Å². The molecule has 0 aliphatic heterocycles. The van der Waals surface area contributed by atoms with E-state index in [9.17, 15) is 4.79 Å². The molecule has 0 saturated carbocycles. The molecule has 2 nitrogen and oxygen atoms in total. The van der Waals surface area contributed by atoms with Gasteiger partial charge in [0.15, 0.2) is 0 Å². The second-order valence-electron chi connectivity index (χ2n) is 8.36. The summed E-state index contributed by atoms with van der Waals surface area (Å²) in [6.45, 7) is 27.8. The molecule has 0 saturated heterocycles. The molecule has 1 aliphatic carbocycles. The Bertz CT molecular complexity index is 742. The Hall–Kier alpha value is -2.09. The van der Waals surface area contributed by atoms with Crippen LogP contribution in [0.2, 0.25) is 0 Å². The standard InChI is InChI=1S/C23H30O2.2C2H6/c1-9-16-13-18-14-17(11-12-20(18)19(16)10-2)15(3)25-21(24)23(7,8)22(4,5)6;2*1-2/h9-12,14-15H,1-2,13H2,3-8H3;2*1-2H3. The Morgan fingerprint density at radius 1 is 1.03 bits per heavy atom. The molecule has 0 aromatic heterocycles. The smallest absolute Gasteiger partial charge is 0.312 e. The topological polar surface area (TPSA) is 26.3 Å². The van der Waals surface area contributed by atoms with E-state index in [1.807, 2.05) is 66.7 Å². The number of rotatable bonds is 5. The summed E-state index contributed by atoms with van der Waals surface area (Å²) >= 11 is 0. The highest BCUT2D eigenvalue weighted by Gasteiger charge is 2.41. The van der Waals surface area contributed by atoms with Gasteiger partial charge in [0.05, 0.1) is 5.41 Å². The van der Waals surface area contributed by atoms with Gasteiger partial charge in [-0.15, -0.1) is 0 Å². The van der Waals surface area contributed by atoms with Crippen molar-refractivity contribution >= 4 is 11.5 Å². The summed E-state index contributed by atoms with van der Waals surface area (Å²) < 4.78 is 5.80. The van der Waals surface area contributed by atoms with Gasteiger partial charge in [0.2, 0.25) is 0 Å². The molecule has 2 rings (SSSR count). The van der Waals surface area contributed by atoms with Gasteiger partial charge in [-0.1, -0.05) is 92.0 Å². The van der Waals surface area contributed by atoms with Crippen molar-refractivity contribution in [3.63, 3.8) is 0 Å². The summed E-state index contributed by atoms with van der Waals surface area (Å²) in [5, 5.41) is 0. The zero-order chi connectivity index (χ0) is 23.0. The summed E-state index contributed by atoms with van der Waals surface area (Å²) in [5.74, 6) is -0.162. The minimum Gasteiger partial charge on any atom is -0.457 e. The van der Waals surface area contributed by atoms with Gasteiger partial charge in [0, 0.05) is 0 Å². The van der Waals surface area contributed by atoms with Crippen molar-refractivity contribution < 1.29 is 9.53 Å². The molecule has 0 amide bonds. The molecular formula is C27H42O2. The first-order chi connectivity index (χ1) is 13.5. The van der Waals surface area contributed by atoms with Gasteiger partial charge in [-0.05, 0) is 60.4 Å². The third-order valence-corrected chi connectivity index (χ3v) is 5.74. The molecule has 2 heteroatoms. The van der Waals surface area contributed by atoms with Gasteiger partial charge in [0.25, 0.3) is 0 Å². The fourth-order valence-electron chi connectivity index (χ4n) is 2.85. The van der Waals surface area contributed by atoms with Crippen LogP contribution in [0.3, 0.4) is 0 Å². The lowest BCUT2D eigenvalue weighted by Gasteiger charge is -2.37. The van der Waals surface area contributed by atoms with Crippen molar-refractivity contribution in [1.29, 1.82) is 0 Å². The van der Waals surface area contributed by atoms with Crippen LogP contribution < -0.4 is 0 Å². The van der Waals surface area contributed by atoms with Crippen LogP contribution in [0, 0.1) is 10.8 Å². The minimum absolute atomic E-state index is 0.162. The second-order valence-corrected chi connectivity index (χ2v) is 8.36. The van der Waals surface area contributed by atoms with Crippen LogP contribution in [-0.4, -0.2) is 5.97 Å². The zero-order valence-corrected chi connectivity index (χ0v) is 20.4. The molecule has 1 aromatic rings. The SMILES string of the molecule is C=CC1=C(C=C)c2ccc(C(C)OC(=O)C(C)(C)C(C)(C)C)cc2C1.CC.CC. The van der Waals surface area contributed by atoms with E-state index in [1.165, 1.54) is 16.7 Å². The Balaban J connectivity index is 0.00000184. The normalized spacial score (nSPS) is 13.9. The Morgan fingerprint density at radius 3 is 2.03 bits per heavy atom. The van der Waals surface area contributed by atoms with Gasteiger partial charge in [-0.2, -0.15) is 0 Å². The average Bonchev–Trinajstić information content (AvgIpc) is 3.06. The molecule has 0 fully saturated rings. The van der Waals surface area contributed by atoms with E-state index in [0.717, 1.165) is 17.6 Å². The average molecular weight is 399 g/mol. The summed E-state index contributed by atoms with van der Waals surface area (Å²) in [7, 11) is 0. The van der Waals surface area contributed by atoms with Gasteiger partial charge >= 0.3 is 5.97 Å². The number of fused-ring (bicyclic) bond motifs is 1. The van der Waals surface area contributed by atoms with Gasteiger partial charge in [-0.25, -0.2) is 0 Å². The van der Waals surface area contributed by atoms with Crippen LogP contribution in [0.5, 0.6) is 0 Å². The third-order valence-electron chi connectivity index (χ3n) is 5.74. The number of esters is 1. The van der Waals surface area contributed by atoms with E-state index in [1.54, 1.807) is 0 Å². The maximum absolute atomic E-state index is 12.7. The molecule has 162 valence electrons. The van der Waals surface area contributed by atoms with Crippen molar-refractivity contribution in [1.82, 2.24) is 0 Å². The van der Waals surface area contributed by atoms with Crippen LogP contribution in [0.4, 0.5) is 0 Å². The fourth-order valence-corrected chi connectivity index (χ4v) is 2.85. The number of hydrogen-bond acceptors (Lipinski definition) is 2. The highest BCUT2D eigenvalue weighted by atomic mass is 16.5. The first-order valence-electron chi connectivity index (χ1n) is 10.8. The minimum atomic E-state index is -0.550. The molecule has 0 N–H and O–H groups in total. The molecule has 0 radical (unpaired) electrons. The van der Waals surface area contributed by atoms with Crippen LogP contribution in [0.25, 0.3) is 5.57 Å². The Morgan fingerprint density at radius 2 is 1.59 bits per heavy atom. The first-order valence-corrected chi connectivity index (χ1v) is 10.8. The van der Waals surface area contributed by atoms with E-state index in [0.29, 0.717) is 0 Å². The number of carbonyl (C=O) groups is 1. The maximum atomic E-state index is 12.7.